The molecule has 1 heterocycles. The molecule has 3 rings (SSSR count). The Hall–Kier alpha value is -1.89. The predicted octanol–water partition coefficient (Wildman–Crippen LogP) is 5.67. The first kappa shape index (κ1) is 16.0. The van der Waals surface area contributed by atoms with Gasteiger partial charge in [-0.1, -0.05) is 23.2 Å². The lowest BCUT2D eigenvalue weighted by Gasteiger charge is -2.13. The normalized spacial score (nSPS) is 10.8. The van der Waals surface area contributed by atoms with E-state index in [2.05, 4.69) is 10.4 Å². The number of hydrogen-bond acceptors (Lipinski definition) is 2. The maximum absolute atomic E-state index is 13.8. The van der Waals surface area contributed by atoms with Crippen LogP contribution in [0.1, 0.15) is 0 Å². The first-order chi connectivity index (χ1) is 11.0. The molecule has 0 aliphatic rings. The van der Waals surface area contributed by atoms with E-state index < -0.39 is 11.6 Å². The van der Waals surface area contributed by atoms with Gasteiger partial charge in [0.2, 0.25) is 0 Å². The van der Waals surface area contributed by atoms with Gasteiger partial charge in [0, 0.05) is 22.8 Å². The van der Waals surface area contributed by atoms with E-state index in [1.165, 1.54) is 10.7 Å². The summed E-state index contributed by atoms with van der Waals surface area (Å²) >= 11 is 17.3. The summed E-state index contributed by atoms with van der Waals surface area (Å²) < 4.78 is 28.6. The maximum Gasteiger partial charge on any atom is 0.196 e. The highest BCUT2D eigenvalue weighted by Crippen LogP contribution is 2.30. The Bertz CT molecular complexity index is 937. The van der Waals surface area contributed by atoms with Crippen LogP contribution in [0.3, 0.4) is 0 Å². The molecule has 3 nitrogen and oxygen atoms in total. The Kier molecular flexibility index (Phi) is 4.39. The molecule has 0 aliphatic heterocycles. The summed E-state index contributed by atoms with van der Waals surface area (Å²) in [4.78, 5) is 2.86. The minimum atomic E-state index is -0.735. The van der Waals surface area contributed by atoms with E-state index in [1.807, 2.05) is 0 Å². The molecule has 2 N–H and O–H groups in total. The second-order valence-corrected chi connectivity index (χ2v) is 5.90. The lowest BCUT2D eigenvalue weighted by atomic mass is 10.2. The largest absolute Gasteiger partial charge is 0.335 e. The van der Waals surface area contributed by atoms with Gasteiger partial charge < -0.3 is 4.98 Å². The van der Waals surface area contributed by atoms with Gasteiger partial charge in [0.05, 0.1) is 16.4 Å². The smallest absolute Gasteiger partial charge is 0.196 e. The quantitative estimate of drug-likeness (QED) is 0.581. The van der Waals surface area contributed by atoms with Gasteiger partial charge >= 0.3 is 0 Å². The Morgan fingerprint density at radius 3 is 2.57 bits per heavy atom. The highest BCUT2D eigenvalue weighted by Gasteiger charge is 2.13. The van der Waals surface area contributed by atoms with Crippen molar-refractivity contribution in [2.45, 2.75) is 0 Å². The molecule has 118 valence electrons. The number of anilines is 1. The Morgan fingerprint density at radius 2 is 1.87 bits per heavy atom. The molecule has 0 radical (unpaired) electrons. The van der Waals surface area contributed by atoms with Crippen LogP contribution in [-0.2, 0) is 0 Å². The standard InChI is InChI=1S/C15H9Cl2F2N3S/c16-8-1-3-10(11(17)5-8)14-7-20-15(23)22(14)21-13-4-2-9(18)6-12(13)19/h1-7,21H,(H,20,23). The first-order valence-corrected chi connectivity index (χ1v) is 7.60. The number of aromatic nitrogens is 2. The second kappa shape index (κ2) is 6.31. The number of rotatable bonds is 3. The molecule has 23 heavy (non-hydrogen) atoms. The number of halogens is 4. The van der Waals surface area contributed by atoms with Crippen molar-refractivity contribution in [3.63, 3.8) is 0 Å². The molecule has 0 atom stereocenters. The predicted molar refractivity (Wildman–Crippen MR) is 90.5 cm³/mol. The number of imidazole rings is 1. The molecule has 0 unspecified atom stereocenters. The fraction of sp³-hybridized carbons (Fsp3) is 0. The van der Waals surface area contributed by atoms with Gasteiger partial charge in [-0.2, -0.15) is 0 Å². The number of hydrogen-bond donors (Lipinski definition) is 2. The molecule has 0 fully saturated rings. The summed E-state index contributed by atoms with van der Waals surface area (Å²) in [5.74, 6) is -1.40. The lowest BCUT2D eigenvalue weighted by molar-refractivity contribution is 0.584. The molecule has 0 saturated carbocycles. The van der Waals surface area contributed by atoms with Crippen molar-refractivity contribution in [3.05, 3.63) is 69.0 Å². The number of aromatic amines is 1. The zero-order chi connectivity index (χ0) is 16.6. The van der Waals surface area contributed by atoms with Crippen LogP contribution in [0.15, 0.2) is 42.6 Å². The number of H-pyrrole nitrogens is 1. The average Bonchev–Trinajstić information content (AvgIpc) is 2.83. The monoisotopic (exact) mass is 371 g/mol. The third-order valence-corrected chi connectivity index (χ3v) is 4.00. The van der Waals surface area contributed by atoms with Crippen molar-refractivity contribution in [2.75, 3.05) is 5.43 Å². The van der Waals surface area contributed by atoms with E-state index in [0.29, 0.717) is 26.1 Å². The van der Waals surface area contributed by atoms with E-state index in [4.69, 9.17) is 35.4 Å². The third-order valence-electron chi connectivity index (χ3n) is 3.15. The third kappa shape index (κ3) is 3.24. The minimum absolute atomic E-state index is 0.0773. The molecule has 8 heteroatoms. The first-order valence-electron chi connectivity index (χ1n) is 6.43. The summed E-state index contributed by atoms with van der Waals surface area (Å²) in [6, 6.07) is 8.22. The number of benzene rings is 2. The molecule has 2 aromatic carbocycles. The SMILES string of the molecule is Fc1ccc(Nn2c(-c3ccc(Cl)cc3Cl)c[nH]c2=S)c(F)c1. The number of nitrogens with one attached hydrogen (secondary N) is 2. The van der Waals surface area contributed by atoms with E-state index in [-0.39, 0.29) is 5.69 Å². The van der Waals surface area contributed by atoms with Crippen LogP contribution >= 0.6 is 35.4 Å². The zero-order valence-corrected chi connectivity index (χ0v) is 13.7. The van der Waals surface area contributed by atoms with Crippen LogP contribution in [-0.4, -0.2) is 9.66 Å². The summed E-state index contributed by atoms with van der Waals surface area (Å²) in [6.07, 6.45) is 1.63. The molecule has 3 aromatic rings. The molecule has 0 aliphatic carbocycles. The van der Waals surface area contributed by atoms with E-state index in [9.17, 15) is 8.78 Å². The van der Waals surface area contributed by atoms with Crippen LogP contribution in [0.5, 0.6) is 0 Å². The molecular formula is C15H9Cl2F2N3S. The van der Waals surface area contributed by atoms with Gasteiger partial charge in [-0.25, -0.2) is 13.5 Å². The molecule has 0 saturated heterocycles. The van der Waals surface area contributed by atoms with Crippen molar-refractivity contribution in [1.29, 1.82) is 0 Å². The minimum Gasteiger partial charge on any atom is -0.335 e. The average molecular weight is 372 g/mol. The Balaban J connectivity index is 2.07. The van der Waals surface area contributed by atoms with Crippen molar-refractivity contribution in [1.82, 2.24) is 9.66 Å². The van der Waals surface area contributed by atoms with Gasteiger partial charge in [0.25, 0.3) is 0 Å². The second-order valence-electron chi connectivity index (χ2n) is 4.67. The van der Waals surface area contributed by atoms with Crippen molar-refractivity contribution < 1.29 is 8.78 Å². The molecule has 0 spiro atoms. The van der Waals surface area contributed by atoms with Crippen LogP contribution in [0.4, 0.5) is 14.5 Å². The fourth-order valence-corrected chi connectivity index (χ4v) is 2.78. The van der Waals surface area contributed by atoms with Crippen LogP contribution in [0.2, 0.25) is 10.0 Å². The van der Waals surface area contributed by atoms with E-state index >= 15 is 0 Å². The molecular weight excluding hydrogens is 363 g/mol. The van der Waals surface area contributed by atoms with Gasteiger partial charge in [-0.15, -0.1) is 0 Å². The van der Waals surface area contributed by atoms with Gasteiger partial charge in [0.1, 0.15) is 5.82 Å². The topological polar surface area (TPSA) is 32.8 Å². The van der Waals surface area contributed by atoms with E-state index in [1.54, 1.807) is 24.4 Å². The molecule has 0 amide bonds. The summed E-state index contributed by atoms with van der Waals surface area (Å²) in [5.41, 5.74) is 4.12. The highest BCUT2D eigenvalue weighted by molar-refractivity contribution is 7.71. The van der Waals surface area contributed by atoms with Crippen molar-refractivity contribution in [2.24, 2.45) is 0 Å². The van der Waals surface area contributed by atoms with Gasteiger partial charge in [-0.3, -0.25) is 5.43 Å². The van der Waals surface area contributed by atoms with E-state index in [0.717, 1.165) is 12.1 Å². The number of nitrogens with zero attached hydrogens (tertiary/aromatic N) is 1. The van der Waals surface area contributed by atoms with Crippen LogP contribution in [0, 0.1) is 16.4 Å². The highest BCUT2D eigenvalue weighted by atomic mass is 35.5. The zero-order valence-electron chi connectivity index (χ0n) is 11.4. The van der Waals surface area contributed by atoms with Crippen molar-refractivity contribution in [3.8, 4) is 11.3 Å². The summed E-state index contributed by atoms with van der Waals surface area (Å²) in [5, 5.41) is 0.915. The van der Waals surface area contributed by atoms with Crippen LogP contribution < -0.4 is 5.43 Å². The lowest BCUT2D eigenvalue weighted by Crippen LogP contribution is -2.12. The Morgan fingerprint density at radius 1 is 1.09 bits per heavy atom. The summed E-state index contributed by atoms with van der Waals surface area (Å²) in [7, 11) is 0. The maximum atomic E-state index is 13.8. The Labute approximate surface area is 145 Å². The van der Waals surface area contributed by atoms with Crippen LogP contribution in [0.25, 0.3) is 11.3 Å². The molecule has 0 bridgehead atoms. The van der Waals surface area contributed by atoms with Gasteiger partial charge in [0.15, 0.2) is 10.6 Å². The molecule has 1 aromatic heterocycles. The fourth-order valence-electron chi connectivity index (χ4n) is 2.08. The van der Waals surface area contributed by atoms with Gasteiger partial charge in [-0.05, 0) is 42.5 Å². The summed E-state index contributed by atoms with van der Waals surface area (Å²) in [6.45, 7) is 0. The van der Waals surface area contributed by atoms with Crippen molar-refractivity contribution >= 4 is 41.1 Å².